The molecule has 1 heterocycles. The van der Waals surface area contributed by atoms with Crippen LogP contribution in [0.4, 0.5) is 4.79 Å². The zero-order valence-electron chi connectivity index (χ0n) is 28.4. The van der Waals surface area contributed by atoms with Gasteiger partial charge in [0, 0.05) is 19.5 Å². The van der Waals surface area contributed by atoms with Crippen LogP contribution in [0.1, 0.15) is 99.3 Å². The van der Waals surface area contributed by atoms with Crippen molar-refractivity contribution in [2.75, 3.05) is 19.7 Å². The van der Waals surface area contributed by atoms with Gasteiger partial charge in [-0.1, -0.05) is 39.2 Å². The minimum atomic E-state index is -1.12. The lowest BCUT2D eigenvalue weighted by Crippen LogP contribution is -2.59. The molecule has 3 fully saturated rings. The molecule has 258 valence electrons. The second-order valence-corrected chi connectivity index (χ2v) is 14.4. The SMILES string of the molecule is C=CCCC(NC(=O)[C@@H]1[C@@H]2[C@H](CN1C(=O)[C@@H](NC(=O)OC(C)(C)C)C1CCCCC1)C2(C)C)C(=O)C(=O)NCCCC(=O)OCC. The molecule has 0 radical (unpaired) electrons. The third kappa shape index (κ3) is 9.54. The molecule has 2 aliphatic carbocycles. The highest BCUT2D eigenvalue weighted by atomic mass is 16.6. The van der Waals surface area contributed by atoms with E-state index in [4.69, 9.17) is 9.47 Å². The van der Waals surface area contributed by atoms with Crippen LogP contribution in [0.25, 0.3) is 0 Å². The van der Waals surface area contributed by atoms with Crippen molar-refractivity contribution in [2.24, 2.45) is 23.2 Å². The van der Waals surface area contributed by atoms with Gasteiger partial charge in [-0.15, -0.1) is 6.58 Å². The van der Waals surface area contributed by atoms with Gasteiger partial charge in [0.05, 0.1) is 12.6 Å². The molecular formula is C34H54N4O8. The fourth-order valence-electron chi connectivity index (χ4n) is 7.00. The van der Waals surface area contributed by atoms with E-state index >= 15 is 0 Å². The average Bonchev–Trinajstić information content (AvgIpc) is 3.30. The van der Waals surface area contributed by atoms with Gasteiger partial charge in [0.2, 0.25) is 17.6 Å². The Hall–Kier alpha value is -3.44. The van der Waals surface area contributed by atoms with Crippen LogP contribution >= 0.6 is 0 Å². The van der Waals surface area contributed by atoms with E-state index in [9.17, 15) is 28.8 Å². The first-order valence-electron chi connectivity index (χ1n) is 16.8. The molecule has 1 saturated heterocycles. The second-order valence-electron chi connectivity index (χ2n) is 14.4. The third-order valence-electron chi connectivity index (χ3n) is 9.48. The molecule has 3 N–H and O–H groups in total. The van der Waals surface area contributed by atoms with E-state index in [-0.39, 0.29) is 61.0 Å². The summed E-state index contributed by atoms with van der Waals surface area (Å²) in [6.45, 7) is 15.5. The largest absolute Gasteiger partial charge is 0.466 e. The molecule has 46 heavy (non-hydrogen) atoms. The number of hydrogen-bond acceptors (Lipinski definition) is 8. The van der Waals surface area contributed by atoms with Crippen molar-refractivity contribution in [1.82, 2.24) is 20.9 Å². The number of carbonyl (C=O) groups is 6. The molecule has 3 rings (SSSR count). The van der Waals surface area contributed by atoms with Crippen LogP contribution in [-0.2, 0) is 33.4 Å². The fraction of sp³-hybridized carbons (Fsp3) is 0.765. The Labute approximate surface area is 273 Å². The van der Waals surface area contributed by atoms with Crippen LogP contribution in [0.5, 0.6) is 0 Å². The van der Waals surface area contributed by atoms with Gasteiger partial charge in [-0.25, -0.2) is 4.79 Å². The lowest BCUT2D eigenvalue weighted by atomic mass is 9.83. The molecule has 0 aromatic carbocycles. The summed E-state index contributed by atoms with van der Waals surface area (Å²) in [6.07, 6.45) is 6.40. The number of rotatable bonds is 15. The summed E-state index contributed by atoms with van der Waals surface area (Å²) >= 11 is 0. The van der Waals surface area contributed by atoms with E-state index in [0.717, 1.165) is 32.1 Å². The number of carbonyl (C=O) groups excluding carboxylic acids is 6. The number of Topliss-reactive ketones (excluding diaryl/α,β-unsaturated/α-hetero) is 1. The van der Waals surface area contributed by atoms with Crippen LogP contribution in [0, 0.1) is 23.2 Å². The number of piperidine rings is 1. The summed E-state index contributed by atoms with van der Waals surface area (Å²) in [6, 6.07) is -2.82. The summed E-state index contributed by atoms with van der Waals surface area (Å²) in [5, 5.41) is 8.16. The zero-order chi connectivity index (χ0) is 34.2. The first kappa shape index (κ1) is 37.0. The number of ether oxygens (including phenoxy) is 2. The lowest BCUT2D eigenvalue weighted by Gasteiger charge is -2.37. The molecule has 5 atom stereocenters. The van der Waals surface area contributed by atoms with Gasteiger partial charge in [0.15, 0.2) is 0 Å². The summed E-state index contributed by atoms with van der Waals surface area (Å²) in [7, 11) is 0. The predicted molar refractivity (Wildman–Crippen MR) is 171 cm³/mol. The van der Waals surface area contributed by atoms with Gasteiger partial charge in [0.25, 0.3) is 5.91 Å². The fourth-order valence-corrected chi connectivity index (χ4v) is 7.00. The van der Waals surface area contributed by atoms with Crippen LogP contribution in [-0.4, -0.2) is 83.9 Å². The van der Waals surface area contributed by atoms with E-state index in [1.165, 1.54) is 0 Å². The highest BCUT2D eigenvalue weighted by Crippen LogP contribution is 2.65. The van der Waals surface area contributed by atoms with Crippen LogP contribution in [0.3, 0.4) is 0 Å². The molecule has 2 saturated carbocycles. The standard InChI is InChI=1S/C34H54N4O8/c1-8-10-17-23(28(40)30(42)35-19-14-18-24(39)45-9-2)36-29(41)27-25-22(34(25,6)7)20-38(27)31(43)26(21-15-12-11-13-16-21)37-32(44)46-33(3,4)5/h8,21-23,25-27H,1,9-20H2,2-7H3,(H,35,42)(H,36,41)(H,37,44)/t22-,23?,25-,26-,27-/m0/s1. The van der Waals surface area contributed by atoms with Crippen LogP contribution in [0.15, 0.2) is 12.7 Å². The minimum absolute atomic E-state index is 0.0862. The molecule has 3 aliphatic rings. The minimum Gasteiger partial charge on any atom is -0.466 e. The Bertz CT molecular complexity index is 1160. The Morgan fingerprint density at radius 3 is 2.33 bits per heavy atom. The summed E-state index contributed by atoms with van der Waals surface area (Å²) in [5.74, 6) is -3.00. The molecule has 0 bridgehead atoms. The number of nitrogens with zero attached hydrogens (tertiary/aromatic N) is 1. The number of nitrogens with one attached hydrogen (secondary N) is 3. The Morgan fingerprint density at radius 1 is 1.04 bits per heavy atom. The molecule has 0 aromatic heterocycles. The van der Waals surface area contributed by atoms with E-state index in [1.54, 1.807) is 38.7 Å². The molecule has 0 aromatic rings. The van der Waals surface area contributed by atoms with Crippen molar-refractivity contribution in [3.63, 3.8) is 0 Å². The quantitative estimate of drug-likeness (QED) is 0.106. The highest BCUT2D eigenvalue weighted by Gasteiger charge is 2.69. The van der Waals surface area contributed by atoms with Crippen molar-refractivity contribution >= 4 is 35.6 Å². The number of amides is 4. The molecule has 4 amide bonds. The number of hydrogen-bond donors (Lipinski definition) is 3. The summed E-state index contributed by atoms with van der Waals surface area (Å²) in [5.41, 5.74) is -0.930. The highest BCUT2D eigenvalue weighted by molar-refractivity contribution is 6.38. The number of ketones is 1. The van der Waals surface area contributed by atoms with E-state index in [1.807, 2.05) is 0 Å². The molecular weight excluding hydrogens is 592 g/mol. The number of alkyl carbamates (subject to hydrolysis) is 1. The first-order chi connectivity index (χ1) is 21.6. The zero-order valence-corrected chi connectivity index (χ0v) is 28.4. The van der Waals surface area contributed by atoms with Crippen LogP contribution in [0.2, 0.25) is 0 Å². The Balaban J connectivity index is 1.76. The van der Waals surface area contributed by atoms with Gasteiger partial charge in [0.1, 0.15) is 17.7 Å². The van der Waals surface area contributed by atoms with Gasteiger partial charge < -0.3 is 30.3 Å². The van der Waals surface area contributed by atoms with Crippen molar-refractivity contribution in [3.05, 3.63) is 12.7 Å². The monoisotopic (exact) mass is 646 g/mol. The third-order valence-corrected chi connectivity index (χ3v) is 9.48. The first-order valence-corrected chi connectivity index (χ1v) is 16.8. The Kier molecular flexibility index (Phi) is 12.8. The smallest absolute Gasteiger partial charge is 0.408 e. The molecule has 1 aliphatic heterocycles. The predicted octanol–water partition coefficient (Wildman–Crippen LogP) is 3.42. The average molecular weight is 647 g/mol. The maximum atomic E-state index is 14.3. The lowest BCUT2D eigenvalue weighted by molar-refractivity contribution is -0.145. The van der Waals surface area contributed by atoms with Gasteiger partial charge in [-0.05, 0) is 83.0 Å². The van der Waals surface area contributed by atoms with Gasteiger partial charge in [-0.2, -0.15) is 0 Å². The van der Waals surface area contributed by atoms with E-state index < -0.39 is 47.4 Å². The van der Waals surface area contributed by atoms with Gasteiger partial charge >= 0.3 is 12.1 Å². The van der Waals surface area contributed by atoms with Crippen molar-refractivity contribution in [1.29, 1.82) is 0 Å². The normalized spacial score (nSPS) is 23.3. The number of likely N-dealkylation sites (tertiary alicyclic amines) is 1. The Morgan fingerprint density at radius 2 is 1.72 bits per heavy atom. The molecule has 12 heteroatoms. The topological polar surface area (TPSA) is 160 Å². The van der Waals surface area contributed by atoms with Crippen molar-refractivity contribution in [3.8, 4) is 0 Å². The van der Waals surface area contributed by atoms with Gasteiger partial charge in [-0.3, -0.25) is 24.0 Å². The summed E-state index contributed by atoms with van der Waals surface area (Å²) < 4.78 is 10.4. The molecule has 0 spiro atoms. The maximum absolute atomic E-state index is 14.3. The van der Waals surface area contributed by atoms with Crippen LogP contribution < -0.4 is 16.0 Å². The van der Waals surface area contributed by atoms with E-state index in [2.05, 4.69) is 36.4 Å². The second kappa shape index (κ2) is 15.9. The van der Waals surface area contributed by atoms with Crippen molar-refractivity contribution < 1.29 is 38.2 Å². The molecule has 1 unspecified atom stereocenters. The number of fused-ring (bicyclic) bond motifs is 1. The number of esters is 1. The van der Waals surface area contributed by atoms with E-state index in [0.29, 0.717) is 19.4 Å². The van der Waals surface area contributed by atoms with Crippen molar-refractivity contribution in [2.45, 2.75) is 123 Å². The summed E-state index contributed by atoms with van der Waals surface area (Å²) in [4.78, 5) is 80.3. The molecule has 12 nitrogen and oxygen atoms in total. The maximum Gasteiger partial charge on any atom is 0.408 e. The number of allylic oxidation sites excluding steroid dienone is 1.